The number of aliphatic hydroxyl groups excluding tert-OH is 1. The molecule has 0 spiro atoms. The van der Waals surface area contributed by atoms with Gasteiger partial charge in [-0.2, -0.15) is 0 Å². The lowest BCUT2D eigenvalue weighted by molar-refractivity contribution is 0.301. The molecule has 6 nitrogen and oxygen atoms in total. The third-order valence-corrected chi connectivity index (χ3v) is 2.86. The normalized spacial score (nSPS) is 10.5. The predicted octanol–water partition coefficient (Wildman–Crippen LogP) is 1.31. The van der Waals surface area contributed by atoms with Crippen LogP contribution in [0.4, 0.5) is 11.6 Å². The molecule has 0 bridgehead atoms. The van der Waals surface area contributed by atoms with Gasteiger partial charge in [0.25, 0.3) is 0 Å². The Labute approximate surface area is 115 Å². The highest BCUT2D eigenvalue weighted by Gasteiger charge is 2.10. The van der Waals surface area contributed by atoms with E-state index in [9.17, 15) is 5.11 Å². The van der Waals surface area contributed by atoms with Crippen LogP contribution in [0.3, 0.4) is 0 Å². The largest absolute Gasteiger partial charge is 0.395 e. The summed E-state index contributed by atoms with van der Waals surface area (Å²) in [6.07, 6.45) is 3.99. The molecular weight excluding hydrogens is 242 g/mol. The number of hydrazine groups is 1. The van der Waals surface area contributed by atoms with Crippen LogP contribution in [0.25, 0.3) is 0 Å². The predicted molar refractivity (Wildman–Crippen MR) is 78.0 cm³/mol. The van der Waals surface area contributed by atoms with Gasteiger partial charge in [-0.3, -0.25) is 0 Å². The van der Waals surface area contributed by atoms with Crippen molar-refractivity contribution in [2.24, 2.45) is 5.84 Å². The second-order valence-corrected chi connectivity index (χ2v) is 4.49. The van der Waals surface area contributed by atoms with Crippen LogP contribution in [0.15, 0.2) is 6.07 Å². The number of rotatable bonds is 9. The zero-order valence-electron chi connectivity index (χ0n) is 11.9. The molecule has 0 aliphatic rings. The molecule has 0 aromatic carbocycles. The molecule has 1 aromatic rings. The van der Waals surface area contributed by atoms with E-state index < -0.39 is 0 Å². The van der Waals surface area contributed by atoms with E-state index in [4.69, 9.17) is 5.84 Å². The molecule has 6 heteroatoms. The van der Waals surface area contributed by atoms with Crippen molar-refractivity contribution < 1.29 is 5.11 Å². The maximum atomic E-state index is 9.17. The molecule has 4 N–H and O–H groups in total. The van der Waals surface area contributed by atoms with Crippen molar-refractivity contribution >= 4 is 11.6 Å². The lowest BCUT2D eigenvalue weighted by Gasteiger charge is -2.23. The molecule has 0 fully saturated rings. The number of hydrogen-bond acceptors (Lipinski definition) is 6. The Morgan fingerprint density at radius 3 is 2.63 bits per heavy atom. The molecule has 0 atom stereocenters. The molecule has 1 heterocycles. The molecule has 0 aliphatic heterocycles. The van der Waals surface area contributed by atoms with Crippen LogP contribution in [-0.4, -0.2) is 34.8 Å². The van der Waals surface area contributed by atoms with Crippen molar-refractivity contribution in [2.75, 3.05) is 30.0 Å². The van der Waals surface area contributed by atoms with Crippen molar-refractivity contribution in [1.29, 1.82) is 0 Å². The van der Waals surface area contributed by atoms with Gasteiger partial charge in [0.05, 0.1) is 6.61 Å². The van der Waals surface area contributed by atoms with Crippen molar-refractivity contribution in [3.8, 4) is 0 Å². The van der Waals surface area contributed by atoms with E-state index in [1.54, 1.807) is 0 Å². The first-order chi connectivity index (χ1) is 9.24. The van der Waals surface area contributed by atoms with Gasteiger partial charge in [-0.15, -0.1) is 0 Å². The smallest absolute Gasteiger partial charge is 0.145 e. The Morgan fingerprint density at radius 1 is 1.26 bits per heavy atom. The minimum atomic E-state index is 0.113. The van der Waals surface area contributed by atoms with E-state index in [1.807, 2.05) is 6.07 Å². The first-order valence-corrected chi connectivity index (χ1v) is 6.95. The van der Waals surface area contributed by atoms with E-state index in [0.29, 0.717) is 12.4 Å². The van der Waals surface area contributed by atoms with Gasteiger partial charge >= 0.3 is 0 Å². The highest BCUT2D eigenvalue weighted by atomic mass is 16.3. The number of aryl methyl sites for hydroxylation is 1. The number of unbranched alkanes of at least 4 members (excludes halogenated alkanes) is 1. The number of nitrogen functional groups attached to an aromatic ring is 1. The molecule has 0 aliphatic carbocycles. The lowest BCUT2D eigenvalue weighted by Crippen LogP contribution is -2.29. The first kappa shape index (κ1) is 15.7. The summed E-state index contributed by atoms with van der Waals surface area (Å²) in [6.45, 7) is 5.80. The summed E-state index contributed by atoms with van der Waals surface area (Å²) < 4.78 is 0. The summed E-state index contributed by atoms with van der Waals surface area (Å²) in [5, 5.41) is 9.17. The van der Waals surface area contributed by atoms with Crippen molar-refractivity contribution in [2.45, 2.75) is 39.5 Å². The molecule has 0 radical (unpaired) electrons. The molecule has 0 amide bonds. The van der Waals surface area contributed by atoms with Gasteiger partial charge in [-0.05, 0) is 12.8 Å². The fourth-order valence-corrected chi connectivity index (χ4v) is 1.87. The maximum absolute atomic E-state index is 9.17. The van der Waals surface area contributed by atoms with Gasteiger partial charge in [-0.1, -0.05) is 20.3 Å². The van der Waals surface area contributed by atoms with Crippen molar-refractivity contribution in [3.63, 3.8) is 0 Å². The van der Waals surface area contributed by atoms with Crippen LogP contribution >= 0.6 is 0 Å². The Balaban J connectivity index is 2.95. The summed E-state index contributed by atoms with van der Waals surface area (Å²) in [5.74, 6) is 7.68. The fourth-order valence-electron chi connectivity index (χ4n) is 1.87. The van der Waals surface area contributed by atoms with Gasteiger partial charge in [0.1, 0.15) is 17.5 Å². The molecule has 1 aromatic heterocycles. The summed E-state index contributed by atoms with van der Waals surface area (Å²) in [6, 6.07) is 1.82. The molecule has 108 valence electrons. The van der Waals surface area contributed by atoms with Crippen molar-refractivity contribution in [1.82, 2.24) is 9.97 Å². The second-order valence-electron chi connectivity index (χ2n) is 4.49. The molecular formula is C13H25N5O. The van der Waals surface area contributed by atoms with Crippen molar-refractivity contribution in [3.05, 3.63) is 11.9 Å². The van der Waals surface area contributed by atoms with Gasteiger partial charge in [-0.25, -0.2) is 15.8 Å². The lowest BCUT2D eigenvalue weighted by atomic mass is 10.3. The minimum absolute atomic E-state index is 0.113. The minimum Gasteiger partial charge on any atom is -0.395 e. The number of aromatic nitrogens is 2. The van der Waals surface area contributed by atoms with Gasteiger partial charge in [0.2, 0.25) is 0 Å². The quantitative estimate of drug-likeness (QED) is 0.462. The zero-order chi connectivity index (χ0) is 14.1. The van der Waals surface area contributed by atoms with Crippen LogP contribution in [0, 0.1) is 0 Å². The highest BCUT2D eigenvalue weighted by Crippen LogP contribution is 2.16. The van der Waals surface area contributed by atoms with E-state index in [1.165, 1.54) is 0 Å². The average molecular weight is 267 g/mol. The zero-order valence-corrected chi connectivity index (χ0v) is 11.9. The van der Waals surface area contributed by atoms with Crippen LogP contribution in [-0.2, 0) is 6.42 Å². The summed E-state index contributed by atoms with van der Waals surface area (Å²) in [7, 11) is 0. The second kappa shape index (κ2) is 8.66. The van der Waals surface area contributed by atoms with Gasteiger partial charge in [0, 0.05) is 25.6 Å². The molecule has 0 unspecified atom stereocenters. The number of nitrogens with one attached hydrogen (secondary N) is 1. The Bertz CT molecular complexity index is 372. The number of aliphatic hydroxyl groups is 1. The number of anilines is 2. The SMILES string of the molecule is CCCCN(CCO)c1cc(NN)nc(CCC)n1. The molecule has 1 rings (SSSR count). The third kappa shape index (κ3) is 5.00. The topological polar surface area (TPSA) is 87.3 Å². The third-order valence-electron chi connectivity index (χ3n) is 2.86. The van der Waals surface area contributed by atoms with E-state index >= 15 is 0 Å². The Kier molecular flexibility index (Phi) is 7.14. The van der Waals surface area contributed by atoms with E-state index in [2.05, 4.69) is 34.1 Å². The van der Waals surface area contributed by atoms with Crippen LogP contribution in [0.2, 0.25) is 0 Å². The number of nitrogens with two attached hydrogens (primary N) is 1. The van der Waals surface area contributed by atoms with E-state index in [-0.39, 0.29) is 6.61 Å². The standard InChI is InChI=1S/C13H25N5O/c1-3-5-7-18(8-9-19)13-10-12(17-14)15-11(16-13)6-4-2/h10,19H,3-9,14H2,1-2H3,(H,15,16,17). The fraction of sp³-hybridized carbons (Fsp3) is 0.692. The summed E-state index contributed by atoms with van der Waals surface area (Å²) >= 11 is 0. The van der Waals surface area contributed by atoms with Crippen LogP contribution in [0.1, 0.15) is 38.9 Å². The Hall–Kier alpha value is -1.40. The summed E-state index contributed by atoms with van der Waals surface area (Å²) in [4.78, 5) is 11.0. The monoisotopic (exact) mass is 267 g/mol. The number of nitrogens with zero attached hydrogens (tertiary/aromatic N) is 3. The number of hydrogen-bond donors (Lipinski definition) is 3. The average Bonchev–Trinajstić information content (AvgIpc) is 2.43. The molecule has 0 saturated carbocycles. The maximum Gasteiger partial charge on any atom is 0.145 e. The van der Waals surface area contributed by atoms with Crippen LogP contribution < -0.4 is 16.2 Å². The highest BCUT2D eigenvalue weighted by molar-refractivity contribution is 5.48. The van der Waals surface area contributed by atoms with Gasteiger partial charge in [0.15, 0.2) is 0 Å². The summed E-state index contributed by atoms with van der Waals surface area (Å²) in [5.41, 5.74) is 2.58. The molecule has 19 heavy (non-hydrogen) atoms. The Morgan fingerprint density at radius 2 is 2.05 bits per heavy atom. The van der Waals surface area contributed by atoms with Gasteiger partial charge < -0.3 is 15.4 Å². The van der Waals surface area contributed by atoms with Crippen LogP contribution in [0.5, 0.6) is 0 Å². The molecule has 0 saturated heterocycles. The van der Waals surface area contributed by atoms with E-state index in [0.717, 1.165) is 43.9 Å². The first-order valence-electron chi connectivity index (χ1n) is 6.95.